The number of amides is 2. The van der Waals surface area contributed by atoms with Gasteiger partial charge in [-0.15, -0.1) is 11.8 Å². The van der Waals surface area contributed by atoms with Crippen LogP contribution in [0.5, 0.6) is 0 Å². The van der Waals surface area contributed by atoms with Gasteiger partial charge >= 0.3 is 6.03 Å². The minimum Gasteiger partial charge on any atom is -0.332 e. The third-order valence-corrected chi connectivity index (χ3v) is 6.32. The first kappa shape index (κ1) is 18.3. The van der Waals surface area contributed by atoms with Gasteiger partial charge in [0.1, 0.15) is 12.6 Å². The van der Waals surface area contributed by atoms with E-state index in [0.717, 1.165) is 29.2 Å². The number of fused-ring (bicyclic) bond motifs is 4. The number of urea groups is 1. The fourth-order valence-corrected chi connectivity index (χ4v) is 4.73. The smallest absolute Gasteiger partial charge is 0.332 e. The number of benzene rings is 2. The summed E-state index contributed by atoms with van der Waals surface area (Å²) in [5.41, 5.74) is 3.12. The van der Waals surface area contributed by atoms with Gasteiger partial charge in [0.05, 0.1) is 30.8 Å². The topological polar surface area (TPSA) is 50.6 Å². The van der Waals surface area contributed by atoms with Gasteiger partial charge in [-0.05, 0) is 17.7 Å². The molecule has 0 aliphatic carbocycles. The number of imidazole rings is 1. The minimum atomic E-state index is -0.141. The molecular weight excluding hydrogens is 384 g/mol. The largest absolute Gasteiger partial charge is 0.345 e. The molecule has 2 aromatic carbocycles. The molecule has 1 unspecified atom stereocenters. The van der Waals surface area contributed by atoms with Crippen LogP contribution < -0.4 is 0 Å². The number of hydrogen-bond acceptors (Lipinski definition) is 4. The quantitative estimate of drug-likeness (QED) is 0.555. The van der Waals surface area contributed by atoms with Gasteiger partial charge < -0.3 is 9.47 Å². The Kier molecular flexibility index (Phi) is 4.99. The zero-order chi connectivity index (χ0) is 19.6. The predicted octanol–water partition coefficient (Wildman–Crippen LogP) is 4.10. The Hall–Kier alpha value is -2.77. The maximum atomic E-state index is 12.8. The molecule has 0 spiro atoms. The molecule has 6 nitrogen and oxygen atoms in total. The number of rotatable bonds is 7. The van der Waals surface area contributed by atoms with E-state index in [4.69, 9.17) is 4.84 Å². The first-order valence-corrected chi connectivity index (χ1v) is 10.7. The van der Waals surface area contributed by atoms with E-state index in [9.17, 15) is 4.79 Å². The lowest BCUT2D eigenvalue weighted by molar-refractivity contribution is -0.142. The molecule has 1 saturated heterocycles. The molecule has 0 radical (unpaired) electrons. The summed E-state index contributed by atoms with van der Waals surface area (Å²) in [6, 6.07) is 20.1. The van der Waals surface area contributed by atoms with Crippen LogP contribution >= 0.6 is 11.8 Å². The van der Waals surface area contributed by atoms with Crippen LogP contribution in [0, 0.1) is 0 Å². The van der Waals surface area contributed by atoms with Crippen LogP contribution in [0.3, 0.4) is 0 Å². The van der Waals surface area contributed by atoms with Gasteiger partial charge in [0, 0.05) is 17.2 Å². The second-order valence-corrected chi connectivity index (χ2v) is 8.36. The van der Waals surface area contributed by atoms with Crippen molar-refractivity contribution in [2.45, 2.75) is 30.6 Å². The molecule has 1 aromatic heterocycles. The molecule has 3 aromatic rings. The van der Waals surface area contributed by atoms with Gasteiger partial charge in [-0.2, -0.15) is 5.06 Å². The summed E-state index contributed by atoms with van der Waals surface area (Å²) in [4.78, 5) is 26.4. The molecule has 1 atom stereocenters. The molecule has 7 heteroatoms. The van der Waals surface area contributed by atoms with Crippen LogP contribution in [0.4, 0.5) is 4.79 Å². The highest BCUT2D eigenvalue weighted by Crippen LogP contribution is 2.37. The molecule has 2 aliphatic heterocycles. The summed E-state index contributed by atoms with van der Waals surface area (Å²) < 4.78 is 2.18. The molecule has 2 bridgehead atoms. The van der Waals surface area contributed by atoms with Crippen LogP contribution in [0.25, 0.3) is 0 Å². The number of carbonyl (C=O) groups is 1. The van der Waals surface area contributed by atoms with Crippen LogP contribution in [0.1, 0.15) is 23.0 Å². The molecule has 0 N–H and O–H groups in total. The van der Waals surface area contributed by atoms with Crippen molar-refractivity contribution >= 4 is 17.8 Å². The Labute approximate surface area is 174 Å². The van der Waals surface area contributed by atoms with E-state index in [-0.39, 0.29) is 12.1 Å². The van der Waals surface area contributed by atoms with Crippen molar-refractivity contribution in [1.82, 2.24) is 19.5 Å². The van der Waals surface area contributed by atoms with Gasteiger partial charge in [0.2, 0.25) is 0 Å². The minimum absolute atomic E-state index is 0.0749. The number of nitrogens with zero attached hydrogens (tertiary/aromatic N) is 4. The van der Waals surface area contributed by atoms with E-state index in [1.54, 1.807) is 0 Å². The van der Waals surface area contributed by atoms with Gasteiger partial charge in [-0.3, -0.25) is 4.84 Å². The van der Waals surface area contributed by atoms with Gasteiger partial charge in [0.25, 0.3) is 0 Å². The van der Waals surface area contributed by atoms with E-state index in [2.05, 4.69) is 33.8 Å². The Balaban J connectivity index is 1.27. The number of hydroxylamine groups is 2. The third kappa shape index (κ3) is 3.63. The maximum Gasteiger partial charge on any atom is 0.345 e. The Bertz CT molecular complexity index is 993. The van der Waals surface area contributed by atoms with Crippen LogP contribution in [0.2, 0.25) is 0 Å². The monoisotopic (exact) mass is 406 g/mol. The molecule has 3 heterocycles. The average molecular weight is 407 g/mol. The Morgan fingerprint density at radius 2 is 1.83 bits per heavy atom. The lowest BCUT2D eigenvalue weighted by Crippen LogP contribution is -2.31. The molecule has 148 valence electrons. The summed E-state index contributed by atoms with van der Waals surface area (Å²) >= 11 is 1.83. The zero-order valence-corrected chi connectivity index (χ0v) is 16.8. The molecule has 5 rings (SSSR count). The van der Waals surface area contributed by atoms with Crippen LogP contribution in [-0.2, 0) is 24.5 Å². The van der Waals surface area contributed by atoms with Gasteiger partial charge in [-0.1, -0.05) is 48.5 Å². The van der Waals surface area contributed by atoms with Crippen molar-refractivity contribution in [1.29, 1.82) is 0 Å². The normalized spacial score (nSPS) is 17.7. The van der Waals surface area contributed by atoms with Gasteiger partial charge in [0.15, 0.2) is 0 Å². The highest BCUT2D eigenvalue weighted by Gasteiger charge is 2.46. The van der Waals surface area contributed by atoms with Crippen molar-refractivity contribution in [2.24, 2.45) is 0 Å². The summed E-state index contributed by atoms with van der Waals surface area (Å²) in [5, 5.41) is 1.51. The number of hydrogen-bond donors (Lipinski definition) is 0. The maximum absolute atomic E-state index is 12.8. The Morgan fingerprint density at radius 3 is 2.62 bits per heavy atom. The zero-order valence-electron chi connectivity index (χ0n) is 16.0. The van der Waals surface area contributed by atoms with E-state index in [1.807, 2.05) is 59.4 Å². The van der Waals surface area contributed by atoms with Crippen molar-refractivity contribution in [2.75, 3.05) is 12.3 Å². The molecule has 2 aliphatic rings. The van der Waals surface area contributed by atoms with Crippen molar-refractivity contribution < 1.29 is 9.63 Å². The summed E-state index contributed by atoms with van der Waals surface area (Å²) in [6.07, 6.45) is 1.90. The SMILES string of the molecule is O=C1N2Cc3c(ncn3CCSc3ccccc3)C(C2)N1OCc1ccccc1. The number of aromatic nitrogens is 2. The number of aryl methyl sites for hydroxylation is 1. The molecule has 2 amide bonds. The van der Waals surface area contributed by atoms with Crippen LogP contribution in [0.15, 0.2) is 71.9 Å². The number of thioether (sulfide) groups is 1. The third-order valence-electron chi connectivity index (χ3n) is 5.33. The van der Waals surface area contributed by atoms with Crippen molar-refractivity contribution in [3.63, 3.8) is 0 Å². The van der Waals surface area contributed by atoms with E-state index in [0.29, 0.717) is 19.7 Å². The Morgan fingerprint density at radius 1 is 1.07 bits per heavy atom. The fourth-order valence-electron chi connectivity index (χ4n) is 3.85. The number of carbonyl (C=O) groups excluding carboxylic acids is 1. The van der Waals surface area contributed by atoms with Crippen LogP contribution in [-0.4, -0.2) is 37.8 Å². The molecule has 1 fully saturated rings. The summed E-state index contributed by atoms with van der Waals surface area (Å²) in [5.74, 6) is 0.958. The predicted molar refractivity (Wildman–Crippen MR) is 111 cm³/mol. The second kappa shape index (κ2) is 7.93. The van der Waals surface area contributed by atoms with Gasteiger partial charge in [-0.25, -0.2) is 9.78 Å². The lowest BCUT2D eigenvalue weighted by atomic mass is 10.1. The highest BCUT2D eigenvalue weighted by molar-refractivity contribution is 7.99. The lowest BCUT2D eigenvalue weighted by Gasteiger charge is -2.23. The molecule has 29 heavy (non-hydrogen) atoms. The van der Waals surface area contributed by atoms with E-state index < -0.39 is 0 Å². The first-order valence-electron chi connectivity index (χ1n) is 9.76. The summed E-state index contributed by atoms with van der Waals surface area (Å²) in [7, 11) is 0. The van der Waals surface area contributed by atoms with E-state index >= 15 is 0 Å². The fraction of sp³-hybridized carbons (Fsp3) is 0.273. The standard InChI is InChI=1S/C22H22N4O2S/c27-22-25-13-19-21(20(14-25)26(22)28-15-17-7-3-1-4-8-17)23-16-24(19)11-12-29-18-9-5-2-6-10-18/h1-10,16,20H,11-15H2. The first-order chi connectivity index (χ1) is 14.3. The highest BCUT2D eigenvalue weighted by atomic mass is 32.2. The second-order valence-electron chi connectivity index (χ2n) is 7.20. The molecule has 0 saturated carbocycles. The molecular formula is C22H22N4O2S. The summed E-state index contributed by atoms with van der Waals surface area (Å²) in [6.45, 7) is 2.46. The van der Waals surface area contributed by atoms with E-state index in [1.165, 1.54) is 9.96 Å². The van der Waals surface area contributed by atoms with Crippen molar-refractivity contribution in [3.8, 4) is 0 Å². The van der Waals surface area contributed by atoms with Crippen molar-refractivity contribution in [3.05, 3.63) is 83.9 Å². The average Bonchev–Trinajstić information content (AvgIpc) is 3.28.